The minimum atomic E-state index is -0.966. The highest BCUT2D eigenvalue weighted by Crippen LogP contribution is 2.40. The Bertz CT molecular complexity index is 855. The minimum absolute atomic E-state index is 0.0873. The molecular formula is C21H23NO4. The third-order valence-corrected chi connectivity index (χ3v) is 4.75. The lowest BCUT2D eigenvalue weighted by atomic mass is 9.85. The van der Waals surface area contributed by atoms with E-state index in [4.69, 9.17) is 4.74 Å². The molecule has 0 spiro atoms. The molecule has 2 aromatic rings. The summed E-state index contributed by atoms with van der Waals surface area (Å²) in [5.74, 6) is 0.182. The van der Waals surface area contributed by atoms with Crippen LogP contribution in [0.5, 0.6) is 5.75 Å². The number of carbonyl (C=O) groups excluding carboxylic acids is 2. The second-order valence-electron chi connectivity index (χ2n) is 7.28. The predicted molar refractivity (Wildman–Crippen MR) is 98.5 cm³/mol. The van der Waals surface area contributed by atoms with Crippen LogP contribution in [-0.4, -0.2) is 28.5 Å². The second kappa shape index (κ2) is 6.57. The summed E-state index contributed by atoms with van der Waals surface area (Å²) in [6.07, 6.45) is -0.966. The van der Waals surface area contributed by atoms with Crippen LogP contribution in [0, 0.1) is 6.92 Å². The van der Waals surface area contributed by atoms with Gasteiger partial charge in [0.15, 0.2) is 5.78 Å². The molecule has 0 aliphatic carbocycles. The van der Waals surface area contributed by atoms with E-state index in [1.165, 1.54) is 6.92 Å². The molecule has 136 valence electrons. The predicted octanol–water partition coefficient (Wildman–Crippen LogP) is 3.20. The number of ether oxygens (including phenoxy) is 1. The molecule has 1 aliphatic heterocycles. The molecule has 2 aromatic carbocycles. The van der Waals surface area contributed by atoms with Crippen LogP contribution in [0.1, 0.15) is 58.7 Å². The van der Waals surface area contributed by atoms with Crippen LogP contribution in [0.15, 0.2) is 42.5 Å². The number of amides is 1. The Hall–Kier alpha value is -2.66. The Labute approximate surface area is 153 Å². The molecule has 5 nitrogen and oxygen atoms in total. The maximum Gasteiger partial charge on any atom is 0.251 e. The summed E-state index contributed by atoms with van der Waals surface area (Å²) >= 11 is 0. The van der Waals surface area contributed by atoms with E-state index in [1.807, 2.05) is 19.1 Å². The molecular weight excluding hydrogens is 330 g/mol. The summed E-state index contributed by atoms with van der Waals surface area (Å²) in [4.78, 5) is 24.4. The van der Waals surface area contributed by atoms with Crippen LogP contribution in [0.2, 0.25) is 0 Å². The Balaban J connectivity index is 1.99. The van der Waals surface area contributed by atoms with Crippen molar-refractivity contribution in [3.63, 3.8) is 0 Å². The van der Waals surface area contributed by atoms with Gasteiger partial charge in [-0.15, -0.1) is 0 Å². The van der Waals surface area contributed by atoms with Gasteiger partial charge in [-0.2, -0.15) is 0 Å². The molecule has 0 saturated heterocycles. The topological polar surface area (TPSA) is 75.6 Å². The number of carbonyl (C=O) groups is 2. The van der Waals surface area contributed by atoms with E-state index in [-0.39, 0.29) is 11.7 Å². The van der Waals surface area contributed by atoms with Crippen molar-refractivity contribution in [2.45, 2.75) is 45.4 Å². The van der Waals surface area contributed by atoms with Gasteiger partial charge in [0.1, 0.15) is 17.5 Å². The van der Waals surface area contributed by atoms with Crippen molar-refractivity contribution in [2.24, 2.45) is 0 Å². The third kappa shape index (κ3) is 3.35. The van der Waals surface area contributed by atoms with Crippen LogP contribution in [0.3, 0.4) is 0 Å². The molecule has 1 aliphatic rings. The fraction of sp³-hybridized carbons (Fsp3) is 0.333. The first kappa shape index (κ1) is 18.1. The van der Waals surface area contributed by atoms with Crippen LogP contribution >= 0.6 is 0 Å². The number of benzene rings is 2. The zero-order valence-electron chi connectivity index (χ0n) is 15.4. The third-order valence-electron chi connectivity index (χ3n) is 4.75. The molecule has 5 heteroatoms. The Morgan fingerprint density at radius 2 is 1.69 bits per heavy atom. The van der Waals surface area contributed by atoms with Crippen LogP contribution in [-0.2, 0) is 0 Å². The number of hydrogen-bond acceptors (Lipinski definition) is 4. The quantitative estimate of drug-likeness (QED) is 0.831. The Morgan fingerprint density at radius 1 is 1.08 bits per heavy atom. The van der Waals surface area contributed by atoms with Gasteiger partial charge >= 0.3 is 0 Å². The normalized spacial score (nSPS) is 20.7. The van der Waals surface area contributed by atoms with E-state index in [1.54, 1.807) is 44.2 Å². The standard InChI is InChI=1S/C21H23NO4/c1-12-5-7-14(8-6-12)20(25)22-18-16-11-15(13(2)23)9-10-17(16)26-21(3,4)19(18)24/h5-11,18-19,24H,1-4H3,(H,22,25). The van der Waals surface area contributed by atoms with Crippen LogP contribution in [0.4, 0.5) is 0 Å². The Morgan fingerprint density at radius 3 is 2.31 bits per heavy atom. The fourth-order valence-electron chi connectivity index (χ4n) is 3.10. The average Bonchev–Trinajstić information content (AvgIpc) is 2.58. The number of aliphatic hydroxyl groups is 1. The zero-order valence-corrected chi connectivity index (χ0v) is 15.4. The van der Waals surface area contributed by atoms with Gasteiger partial charge in [0.2, 0.25) is 0 Å². The van der Waals surface area contributed by atoms with Gasteiger partial charge in [0.25, 0.3) is 5.91 Å². The van der Waals surface area contributed by atoms with Gasteiger partial charge in [-0.25, -0.2) is 0 Å². The molecule has 26 heavy (non-hydrogen) atoms. The molecule has 2 atom stereocenters. The van der Waals surface area contributed by atoms with E-state index in [0.717, 1.165) is 5.56 Å². The fourth-order valence-corrected chi connectivity index (χ4v) is 3.10. The first-order valence-electron chi connectivity index (χ1n) is 8.58. The van der Waals surface area contributed by atoms with E-state index in [0.29, 0.717) is 22.4 Å². The van der Waals surface area contributed by atoms with Gasteiger partial charge in [0, 0.05) is 16.7 Å². The monoisotopic (exact) mass is 353 g/mol. The molecule has 1 amide bonds. The van der Waals surface area contributed by atoms with E-state index in [2.05, 4.69) is 5.32 Å². The van der Waals surface area contributed by atoms with Gasteiger partial charge in [-0.1, -0.05) is 17.7 Å². The second-order valence-corrected chi connectivity index (χ2v) is 7.28. The van der Waals surface area contributed by atoms with Crippen molar-refractivity contribution in [2.75, 3.05) is 0 Å². The molecule has 0 fully saturated rings. The molecule has 3 rings (SSSR count). The molecule has 0 bridgehead atoms. The van der Waals surface area contributed by atoms with Crippen molar-refractivity contribution in [3.05, 3.63) is 64.7 Å². The zero-order chi connectivity index (χ0) is 19.1. The van der Waals surface area contributed by atoms with Gasteiger partial charge in [-0.05, 0) is 58.0 Å². The van der Waals surface area contributed by atoms with Crippen molar-refractivity contribution in [1.82, 2.24) is 5.32 Å². The number of ketones is 1. The molecule has 1 heterocycles. The van der Waals surface area contributed by atoms with E-state index in [9.17, 15) is 14.7 Å². The first-order chi connectivity index (χ1) is 12.2. The van der Waals surface area contributed by atoms with Crippen LogP contribution in [0.25, 0.3) is 0 Å². The number of nitrogens with one attached hydrogen (secondary N) is 1. The molecule has 0 radical (unpaired) electrons. The highest BCUT2D eigenvalue weighted by molar-refractivity contribution is 5.95. The van der Waals surface area contributed by atoms with Gasteiger partial charge in [0.05, 0.1) is 6.04 Å². The molecule has 0 saturated carbocycles. The van der Waals surface area contributed by atoms with Crippen LogP contribution < -0.4 is 10.1 Å². The summed E-state index contributed by atoms with van der Waals surface area (Å²) in [5.41, 5.74) is 1.80. The SMILES string of the molecule is CC(=O)c1ccc2c(c1)C(NC(=O)c1ccc(C)cc1)C(O)C(C)(C)O2. The van der Waals surface area contributed by atoms with Crippen molar-refractivity contribution >= 4 is 11.7 Å². The number of aliphatic hydroxyl groups excluding tert-OH is 1. The number of aryl methyl sites for hydroxylation is 1. The molecule has 2 N–H and O–H groups in total. The smallest absolute Gasteiger partial charge is 0.251 e. The highest BCUT2D eigenvalue weighted by atomic mass is 16.5. The highest BCUT2D eigenvalue weighted by Gasteiger charge is 2.43. The van der Waals surface area contributed by atoms with Crippen molar-refractivity contribution in [3.8, 4) is 5.75 Å². The summed E-state index contributed by atoms with van der Waals surface area (Å²) in [6.45, 7) is 6.96. The minimum Gasteiger partial charge on any atom is -0.485 e. The largest absolute Gasteiger partial charge is 0.485 e. The maximum absolute atomic E-state index is 12.7. The summed E-state index contributed by atoms with van der Waals surface area (Å²) in [6, 6.07) is 11.6. The number of fused-ring (bicyclic) bond motifs is 1. The van der Waals surface area contributed by atoms with E-state index < -0.39 is 17.7 Å². The number of Topliss-reactive ketones (excluding diaryl/α,β-unsaturated/α-hetero) is 1. The molecule has 0 aromatic heterocycles. The van der Waals surface area contributed by atoms with Gasteiger partial charge < -0.3 is 15.2 Å². The lowest BCUT2D eigenvalue weighted by molar-refractivity contribution is -0.0627. The summed E-state index contributed by atoms with van der Waals surface area (Å²) < 4.78 is 5.89. The summed E-state index contributed by atoms with van der Waals surface area (Å²) in [5, 5.41) is 13.7. The first-order valence-corrected chi connectivity index (χ1v) is 8.58. The maximum atomic E-state index is 12.7. The summed E-state index contributed by atoms with van der Waals surface area (Å²) in [7, 11) is 0. The Kier molecular flexibility index (Phi) is 4.59. The van der Waals surface area contributed by atoms with Gasteiger partial charge in [-0.3, -0.25) is 9.59 Å². The van der Waals surface area contributed by atoms with Crippen molar-refractivity contribution in [1.29, 1.82) is 0 Å². The lowest BCUT2D eigenvalue weighted by Crippen LogP contribution is -2.53. The number of hydrogen-bond donors (Lipinski definition) is 2. The van der Waals surface area contributed by atoms with Crippen molar-refractivity contribution < 1.29 is 19.4 Å². The number of rotatable bonds is 3. The molecule has 2 unspecified atom stereocenters. The average molecular weight is 353 g/mol. The van der Waals surface area contributed by atoms with E-state index >= 15 is 0 Å². The lowest BCUT2D eigenvalue weighted by Gasteiger charge is -2.42.